The van der Waals surface area contributed by atoms with Gasteiger partial charge in [0, 0.05) is 29.5 Å². The summed E-state index contributed by atoms with van der Waals surface area (Å²) >= 11 is 0. The maximum absolute atomic E-state index is 12.9. The van der Waals surface area contributed by atoms with E-state index < -0.39 is 11.7 Å². The Bertz CT molecular complexity index is 1160. The third kappa shape index (κ3) is 4.00. The molecule has 0 saturated heterocycles. The minimum Gasteiger partial charge on any atom is -0.493 e. The van der Waals surface area contributed by atoms with E-state index in [1.807, 2.05) is 39.0 Å². The van der Waals surface area contributed by atoms with Gasteiger partial charge in [-0.2, -0.15) is 0 Å². The quantitative estimate of drug-likeness (QED) is 0.594. The monoisotopic (exact) mass is 439 g/mol. The highest BCUT2D eigenvalue weighted by Crippen LogP contribution is 2.45. The number of furan rings is 1. The van der Waals surface area contributed by atoms with Crippen molar-refractivity contribution in [3.05, 3.63) is 52.8 Å². The first-order chi connectivity index (χ1) is 15.2. The number of methoxy groups -OCH3 is 2. The number of carbonyl (C=O) groups is 1. The summed E-state index contributed by atoms with van der Waals surface area (Å²) in [5, 5.41) is 14.4. The van der Waals surface area contributed by atoms with Crippen molar-refractivity contribution in [3.8, 4) is 17.2 Å². The van der Waals surface area contributed by atoms with Crippen molar-refractivity contribution in [1.29, 1.82) is 0 Å². The molecular formula is C25H29NO6. The van der Waals surface area contributed by atoms with E-state index in [1.54, 1.807) is 26.4 Å². The van der Waals surface area contributed by atoms with Gasteiger partial charge in [0.1, 0.15) is 16.9 Å². The van der Waals surface area contributed by atoms with E-state index >= 15 is 0 Å². The van der Waals surface area contributed by atoms with Gasteiger partial charge in [-0.15, -0.1) is 0 Å². The second-order valence-corrected chi connectivity index (χ2v) is 8.68. The molecule has 1 aliphatic rings. The fraction of sp³-hybridized carbons (Fsp3) is 0.400. The van der Waals surface area contributed by atoms with Crippen molar-refractivity contribution in [1.82, 2.24) is 5.32 Å². The van der Waals surface area contributed by atoms with Gasteiger partial charge in [-0.1, -0.05) is 6.07 Å². The number of ether oxygens (including phenoxy) is 3. The molecule has 170 valence electrons. The summed E-state index contributed by atoms with van der Waals surface area (Å²) in [6.45, 7) is 6.16. The van der Waals surface area contributed by atoms with Gasteiger partial charge in [0.05, 0.1) is 20.3 Å². The van der Waals surface area contributed by atoms with E-state index in [0.717, 1.165) is 10.9 Å². The standard InChI is InChI=1S/C25H29NO6/c1-14-21-18(8-9-19-22(21)16(27)13-25(2,3)32-19)31-23(14)24(28)26-11-10-15-6-7-17(29-4)20(12-15)30-5/h6-9,12,16,27H,10-11,13H2,1-5H3,(H,26,28)/t16-/m0/s1. The maximum Gasteiger partial charge on any atom is 0.287 e. The summed E-state index contributed by atoms with van der Waals surface area (Å²) in [6.07, 6.45) is 0.411. The molecule has 0 unspecified atom stereocenters. The highest BCUT2D eigenvalue weighted by molar-refractivity contribution is 6.00. The van der Waals surface area contributed by atoms with E-state index in [-0.39, 0.29) is 11.7 Å². The van der Waals surface area contributed by atoms with Gasteiger partial charge in [0.2, 0.25) is 0 Å². The van der Waals surface area contributed by atoms with Crippen molar-refractivity contribution >= 4 is 16.9 Å². The normalized spacial score (nSPS) is 16.9. The zero-order valence-electron chi connectivity index (χ0n) is 19.1. The number of nitrogens with one attached hydrogen (secondary N) is 1. The van der Waals surface area contributed by atoms with Crippen LogP contribution in [0.4, 0.5) is 0 Å². The van der Waals surface area contributed by atoms with E-state index in [9.17, 15) is 9.90 Å². The third-order valence-corrected chi connectivity index (χ3v) is 5.85. The zero-order chi connectivity index (χ0) is 23.0. The molecule has 0 spiro atoms. The molecule has 2 N–H and O–H groups in total. The van der Waals surface area contributed by atoms with Crippen molar-refractivity contribution in [2.75, 3.05) is 20.8 Å². The molecule has 32 heavy (non-hydrogen) atoms. The predicted molar refractivity (Wildman–Crippen MR) is 121 cm³/mol. The molecule has 1 aliphatic heterocycles. The summed E-state index contributed by atoms with van der Waals surface area (Å²) < 4.78 is 22.5. The number of aryl methyl sites for hydroxylation is 1. The maximum atomic E-state index is 12.9. The van der Waals surface area contributed by atoms with Gasteiger partial charge in [0.15, 0.2) is 17.3 Å². The Morgan fingerprint density at radius 3 is 2.66 bits per heavy atom. The summed E-state index contributed by atoms with van der Waals surface area (Å²) in [6, 6.07) is 9.26. The third-order valence-electron chi connectivity index (χ3n) is 5.85. The van der Waals surface area contributed by atoms with Crippen molar-refractivity contribution in [2.24, 2.45) is 0 Å². The second kappa shape index (κ2) is 8.39. The SMILES string of the molecule is COc1ccc(CCNC(=O)c2oc3ccc4c(c3c2C)[C@@H](O)CC(C)(C)O4)cc1OC. The Labute approximate surface area is 187 Å². The van der Waals surface area contributed by atoms with E-state index in [4.69, 9.17) is 18.6 Å². The molecule has 7 heteroatoms. The molecule has 0 fully saturated rings. The molecule has 1 atom stereocenters. The van der Waals surface area contributed by atoms with Crippen LogP contribution in [-0.4, -0.2) is 37.4 Å². The fourth-order valence-electron chi connectivity index (χ4n) is 4.33. The predicted octanol–water partition coefficient (Wildman–Crippen LogP) is 4.33. The molecule has 0 aliphatic carbocycles. The number of aliphatic hydroxyl groups excluding tert-OH is 1. The Balaban J connectivity index is 1.52. The number of benzene rings is 2. The number of hydrogen-bond donors (Lipinski definition) is 2. The van der Waals surface area contributed by atoms with Gasteiger partial charge < -0.3 is 29.1 Å². The van der Waals surface area contributed by atoms with Crippen LogP contribution in [0.25, 0.3) is 11.0 Å². The van der Waals surface area contributed by atoms with Crippen molar-refractivity contribution in [2.45, 2.75) is 45.3 Å². The molecule has 0 radical (unpaired) electrons. The average Bonchev–Trinajstić information content (AvgIpc) is 3.09. The molecule has 7 nitrogen and oxygen atoms in total. The van der Waals surface area contributed by atoms with E-state index in [0.29, 0.717) is 53.3 Å². The van der Waals surface area contributed by atoms with E-state index in [1.165, 1.54) is 0 Å². The number of carbonyl (C=O) groups excluding carboxylic acids is 1. The summed E-state index contributed by atoms with van der Waals surface area (Å²) in [5.41, 5.74) is 2.51. The highest BCUT2D eigenvalue weighted by atomic mass is 16.5. The van der Waals surface area contributed by atoms with Crippen LogP contribution in [0.3, 0.4) is 0 Å². The second-order valence-electron chi connectivity index (χ2n) is 8.68. The smallest absolute Gasteiger partial charge is 0.287 e. The molecule has 1 aromatic heterocycles. The van der Waals surface area contributed by atoms with Crippen LogP contribution in [0, 0.1) is 6.92 Å². The van der Waals surface area contributed by atoms with Gasteiger partial charge >= 0.3 is 0 Å². The van der Waals surface area contributed by atoms with Gasteiger partial charge in [0.25, 0.3) is 5.91 Å². The zero-order valence-corrected chi connectivity index (χ0v) is 19.1. The molecule has 2 heterocycles. The molecule has 0 bridgehead atoms. The lowest BCUT2D eigenvalue weighted by atomic mass is 9.89. The van der Waals surface area contributed by atoms with Crippen molar-refractivity contribution < 1.29 is 28.5 Å². The molecule has 4 rings (SSSR count). The minimum atomic E-state index is -0.685. The Morgan fingerprint density at radius 2 is 1.94 bits per heavy atom. The fourth-order valence-corrected chi connectivity index (χ4v) is 4.33. The van der Waals surface area contributed by atoms with Crippen LogP contribution in [0.15, 0.2) is 34.7 Å². The Hall–Kier alpha value is -3.19. The lowest BCUT2D eigenvalue weighted by Gasteiger charge is -2.35. The number of hydrogen-bond acceptors (Lipinski definition) is 6. The van der Waals surface area contributed by atoms with Crippen LogP contribution < -0.4 is 19.5 Å². The van der Waals surface area contributed by atoms with Gasteiger partial charge in [-0.05, 0) is 57.0 Å². The molecule has 0 saturated carbocycles. The van der Waals surface area contributed by atoms with Crippen LogP contribution in [0.5, 0.6) is 17.2 Å². The lowest BCUT2D eigenvalue weighted by molar-refractivity contribution is 0.0126. The summed E-state index contributed by atoms with van der Waals surface area (Å²) in [4.78, 5) is 12.9. The first kappa shape index (κ1) is 22.0. The first-order valence-electron chi connectivity index (χ1n) is 10.7. The van der Waals surface area contributed by atoms with Crippen LogP contribution >= 0.6 is 0 Å². The lowest BCUT2D eigenvalue weighted by Crippen LogP contribution is -2.34. The number of aliphatic hydroxyl groups is 1. The summed E-state index contributed by atoms with van der Waals surface area (Å²) in [7, 11) is 3.19. The average molecular weight is 440 g/mol. The van der Waals surface area contributed by atoms with Gasteiger partial charge in [-0.25, -0.2) is 0 Å². The minimum absolute atomic E-state index is 0.248. The number of rotatable bonds is 6. The van der Waals surface area contributed by atoms with Crippen LogP contribution in [-0.2, 0) is 6.42 Å². The Morgan fingerprint density at radius 1 is 1.19 bits per heavy atom. The molecule has 2 aromatic carbocycles. The first-order valence-corrected chi connectivity index (χ1v) is 10.7. The number of fused-ring (bicyclic) bond motifs is 3. The van der Waals surface area contributed by atoms with E-state index in [2.05, 4.69) is 5.32 Å². The highest BCUT2D eigenvalue weighted by Gasteiger charge is 2.35. The molecular weight excluding hydrogens is 410 g/mol. The van der Waals surface area contributed by atoms with Crippen LogP contribution in [0.1, 0.15) is 53.6 Å². The summed E-state index contributed by atoms with van der Waals surface area (Å²) in [5.74, 6) is 1.90. The Kier molecular flexibility index (Phi) is 5.77. The van der Waals surface area contributed by atoms with Gasteiger partial charge in [-0.3, -0.25) is 4.79 Å². The molecule has 3 aromatic rings. The molecule has 1 amide bonds. The largest absolute Gasteiger partial charge is 0.493 e. The van der Waals surface area contributed by atoms with Crippen molar-refractivity contribution in [3.63, 3.8) is 0 Å². The van der Waals surface area contributed by atoms with Crippen LogP contribution in [0.2, 0.25) is 0 Å². The topological polar surface area (TPSA) is 90.2 Å². The number of amides is 1.